The molecule has 5 heteroatoms. The second kappa shape index (κ2) is 8.08. The van der Waals surface area contributed by atoms with Crippen molar-refractivity contribution in [3.63, 3.8) is 0 Å². The molecule has 1 unspecified atom stereocenters. The van der Waals surface area contributed by atoms with Gasteiger partial charge in [-0.1, -0.05) is 25.1 Å². The summed E-state index contributed by atoms with van der Waals surface area (Å²) >= 11 is 0. The summed E-state index contributed by atoms with van der Waals surface area (Å²) in [5.41, 5.74) is 0.965. The van der Waals surface area contributed by atoms with Crippen LogP contribution in [0.2, 0.25) is 0 Å². The molecule has 3 aromatic rings. The number of anilines is 3. The Morgan fingerprint density at radius 2 is 1.78 bits per heavy atom. The third-order valence-electron chi connectivity index (χ3n) is 4.69. The molecule has 4 rings (SSSR count). The first-order valence-electron chi connectivity index (χ1n) is 9.44. The Kier molecular flexibility index (Phi) is 5.19. The Balaban J connectivity index is 1.42. The van der Waals surface area contributed by atoms with E-state index in [2.05, 4.69) is 27.1 Å². The molecule has 1 aliphatic heterocycles. The molecule has 138 valence electrons. The summed E-state index contributed by atoms with van der Waals surface area (Å²) in [5, 5.41) is 3.35. The minimum Gasteiger partial charge on any atom is -0.457 e. The molecule has 0 radical (unpaired) electrons. The van der Waals surface area contributed by atoms with Crippen LogP contribution in [-0.4, -0.2) is 23.1 Å². The van der Waals surface area contributed by atoms with Crippen molar-refractivity contribution in [3.05, 3.63) is 66.9 Å². The number of ether oxygens (including phenoxy) is 1. The van der Waals surface area contributed by atoms with E-state index in [1.165, 1.54) is 12.8 Å². The van der Waals surface area contributed by atoms with Crippen LogP contribution in [0.1, 0.15) is 19.8 Å². The van der Waals surface area contributed by atoms with E-state index in [9.17, 15) is 0 Å². The first-order valence-corrected chi connectivity index (χ1v) is 9.44. The number of hydrogen-bond donors (Lipinski definition) is 1. The lowest BCUT2D eigenvalue weighted by Gasteiger charge is -2.30. The van der Waals surface area contributed by atoms with Gasteiger partial charge in [-0.2, -0.15) is 4.98 Å². The molecule has 1 N–H and O–H groups in total. The van der Waals surface area contributed by atoms with Gasteiger partial charge in [-0.3, -0.25) is 0 Å². The molecule has 2 aromatic carbocycles. The largest absolute Gasteiger partial charge is 0.457 e. The smallest absolute Gasteiger partial charge is 0.227 e. The Labute approximate surface area is 160 Å². The maximum atomic E-state index is 5.83. The first kappa shape index (κ1) is 17.3. The summed E-state index contributed by atoms with van der Waals surface area (Å²) in [6, 6.07) is 19.5. The maximum Gasteiger partial charge on any atom is 0.227 e. The third-order valence-corrected chi connectivity index (χ3v) is 4.69. The number of rotatable bonds is 5. The molecule has 0 amide bonds. The normalized spacial score (nSPS) is 16.8. The molecule has 1 aliphatic rings. The van der Waals surface area contributed by atoms with Gasteiger partial charge in [0, 0.05) is 25.0 Å². The summed E-state index contributed by atoms with van der Waals surface area (Å²) in [7, 11) is 0. The van der Waals surface area contributed by atoms with Gasteiger partial charge in [-0.25, -0.2) is 4.98 Å². The molecule has 0 bridgehead atoms. The summed E-state index contributed by atoms with van der Waals surface area (Å²) in [6.07, 6.45) is 4.30. The molecule has 1 saturated heterocycles. The van der Waals surface area contributed by atoms with E-state index in [0.717, 1.165) is 42.0 Å². The fraction of sp³-hybridized carbons (Fsp3) is 0.273. The van der Waals surface area contributed by atoms with Gasteiger partial charge in [0.25, 0.3) is 0 Å². The topological polar surface area (TPSA) is 50.3 Å². The van der Waals surface area contributed by atoms with Crippen molar-refractivity contribution in [3.8, 4) is 11.5 Å². The van der Waals surface area contributed by atoms with Crippen LogP contribution in [0, 0.1) is 5.92 Å². The average molecular weight is 360 g/mol. The number of nitrogens with zero attached hydrogens (tertiary/aromatic N) is 3. The standard InChI is InChI=1S/C22H24N4O/c1-17-6-5-15-26(16-17)22-23-14-13-21(25-22)24-18-9-11-20(12-10-18)27-19-7-3-2-4-8-19/h2-4,7-14,17H,5-6,15-16H2,1H3,(H,23,24,25). The highest BCUT2D eigenvalue weighted by atomic mass is 16.5. The highest BCUT2D eigenvalue weighted by molar-refractivity contribution is 5.58. The fourth-order valence-corrected chi connectivity index (χ4v) is 3.32. The quantitative estimate of drug-likeness (QED) is 0.673. The number of para-hydroxylation sites is 1. The Bertz CT molecular complexity index is 867. The van der Waals surface area contributed by atoms with Crippen LogP contribution in [0.25, 0.3) is 0 Å². The van der Waals surface area contributed by atoms with E-state index in [-0.39, 0.29) is 0 Å². The van der Waals surface area contributed by atoms with Crippen LogP contribution in [0.3, 0.4) is 0 Å². The molecule has 2 heterocycles. The van der Waals surface area contributed by atoms with Crippen LogP contribution in [0.5, 0.6) is 11.5 Å². The lowest BCUT2D eigenvalue weighted by atomic mass is 10.0. The Morgan fingerprint density at radius 3 is 2.56 bits per heavy atom. The van der Waals surface area contributed by atoms with Gasteiger partial charge in [0.05, 0.1) is 0 Å². The molecule has 0 spiro atoms. The second-order valence-corrected chi connectivity index (χ2v) is 7.00. The number of hydrogen-bond acceptors (Lipinski definition) is 5. The van der Waals surface area contributed by atoms with Crippen molar-refractivity contribution in [2.45, 2.75) is 19.8 Å². The maximum absolute atomic E-state index is 5.83. The van der Waals surface area contributed by atoms with Gasteiger partial charge in [-0.15, -0.1) is 0 Å². The van der Waals surface area contributed by atoms with E-state index in [1.807, 2.05) is 66.9 Å². The highest BCUT2D eigenvalue weighted by Crippen LogP contribution is 2.25. The minimum atomic E-state index is 0.691. The van der Waals surface area contributed by atoms with Gasteiger partial charge in [0.2, 0.25) is 5.95 Å². The summed E-state index contributed by atoms with van der Waals surface area (Å²) in [6.45, 7) is 4.33. The van der Waals surface area contributed by atoms with Gasteiger partial charge in [0.15, 0.2) is 0 Å². The summed E-state index contributed by atoms with van der Waals surface area (Å²) < 4.78 is 5.83. The Morgan fingerprint density at radius 1 is 1.00 bits per heavy atom. The van der Waals surface area contributed by atoms with Gasteiger partial charge >= 0.3 is 0 Å². The predicted octanol–water partition coefficient (Wildman–Crippen LogP) is 5.25. The van der Waals surface area contributed by atoms with Crippen molar-refractivity contribution >= 4 is 17.5 Å². The van der Waals surface area contributed by atoms with Crippen LogP contribution in [0.15, 0.2) is 66.9 Å². The minimum absolute atomic E-state index is 0.691. The van der Waals surface area contributed by atoms with Crippen LogP contribution in [0.4, 0.5) is 17.5 Å². The summed E-state index contributed by atoms with van der Waals surface area (Å²) in [5.74, 6) is 3.92. The van der Waals surface area contributed by atoms with Crippen LogP contribution >= 0.6 is 0 Å². The van der Waals surface area contributed by atoms with E-state index < -0.39 is 0 Å². The molecule has 1 aromatic heterocycles. The van der Waals surface area contributed by atoms with Crippen molar-refractivity contribution in [1.29, 1.82) is 0 Å². The molecule has 27 heavy (non-hydrogen) atoms. The monoisotopic (exact) mass is 360 g/mol. The molecule has 5 nitrogen and oxygen atoms in total. The second-order valence-electron chi connectivity index (χ2n) is 7.00. The van der Waals surface area contributed by atoms with E-state index in [0.29, 0.717) is 5.92 Å². The van der Waals surface area contributed by atoms with Gasteiger partial charge in [-0.05, 0) is 61.2 Å². The molecule has 1 atom stereocenters. The van der Waals surface area contributed by atoms with Crippen molar-refractivity contribution in [2.75, 3.05) is 23.3 Å². The summed E-state index contributed by atoms with van der Waals surface area (Å²) in [4.78, 5) is 11.4. The van der Waals surface area contributed by atoms with Crippen LogP contribution in [-0.2, 0) is 0 Å². The molecule has 0 aliphatic carbocycles. The van der Waals surface area contributed by atoms with Crippen molar-refractivity contribution in [2.24, 2.45) is 5.92 Å². The highest BCUT2D eigenvalue weighted by Gasteiger charge is 2.18. The lowest BCUT2D eigenvalue weighted by Crippen LogP contribution is -2.35. The van der Waals surface area contributed by atoms with Gasteiger partial charge < -0.3 is 15.0 Å². The molecular weight excluding hydrogens is 336 g/mol. The number of piperidine rings is 1. The fourth-order valence-electron chi connectivity index (χ4n) is 3.32. The van der Waals surface area contributed by atoms with E-state index >= 15 is 0 Å². The number of benzene rings is 2. The van der Waals surface area contributed by atoms with Crippen molar-refractivity contribution in [1.82, 2.24) is 9.97 Å². The van der Waals surface area contributed by atoms with E-state index in [1.54, 1.807) is 0 Å². The van der Waals surface area contributed by atoms with E-state index in [4.69, 9.17) is 4.74 Å². The molecule has 1 fully saturated rings. The zero-order valence-corrected chi connectivity index (χ0v) is 15.5. The number of aromatic nitrogens is 2. The first-order chi connectivity index (χ1) is 13.3. The number of nitrogens with one attached hydrogen (secondary N) is 1. The van der Waals surface area contributed by atoms with Crippen molar-refractivity contribution < 1.29 is 4.74 Å². The zero-order valence-electron chi connectivity index (χ0n) is 15.5. The predicted molar refractivity (Wildman–Crippen MR) is 109 cm³/mol. The van der Waals surface area contributed by atoms with Crippen LogP contribution < -0.4 is 15.0 Å². The molecular formula is C22H24N4O. The third kappa shape index (κ3) is 4.56. The average Bonchev–Trinajstić information content (AvgIpc) is 2.71. The lowest BCUT2D eigenvalue weighted by molar-refractivity contribution is 0.442. The zero-order chi connectivity index (χ0) is 18.5. The SMILES string of the molecule is CC1CCCN(c2nccc(Nc3ccc(Oc4ccccc4)cc3)n2)C1. The molecule has 0 saturated carbocycles. The Hall–Kier alpha value is -3.08. The van der Waals surface area contributed by atoms with Gasteiger partial charge in [0.1, 0.15) is 17.3 Å².